The number of amides is 1. The number of nitrogens with one attached hydrogen (secondary N) is 1. The van der Waals surface area contributed by atoms with E-state index in [2.05, 4.69) is 5.32 Å². The van der Waals surface area contributed by atoms with Crippen LogP contribution in [-0.4, -0.2) is 66.0 Å². The fourth-order valence-electron chi connectivity index (χ4n) is 4.81. The second kappa shape index (κ2) is 15.8. The lowest BCUT2D eigenvalue weighted by molar-refractivity contribution is -0.183. The highest BCUT2D eigenvalue weighted by molar-refractivity contribution is 6.06. The van der Waals surface area contributed by atoms with Crippen LogP contribution in [0.3, 0.4) is 0 Å². The van der Waals surface area contributed by atoms with E-state index in [4.69, 9.17) is 18.9 Å². The predicted octanol–water partition coefficient (Wildman–Crippen LogP) is 4.14. The molecule has 2 aromatic rings. The summed E-state index contributed by atoms with van der Waals surface area (Å²) < 4.78 is 36.9. The number of Topliss-reactive ketones (excluding diaryl/α,β-unsaturated/α-hetero) is 1. The van der Waals surface area contributed by atoms with Gasteiger partial charge in [-0.15, -0.1) is 0 Å². The van der Waals surface area contributed by atoms with Crippen molar-refractivity contribution in [1.29, 1.82) is 0 Å². The van der Waals surface area contributed by atoms with Crippen LogP contribution in [-0.2, 0) is 49.3 Å². The standard InChI is InChI=1S/C35H42FNO10/c1-8-20(4)28-33(42)44-21(5)26(37-30(39)23-16-12-13-17-24(23)36)31(40)46-27(19(2)3)32(41)45-25(18-22-14-10-9-11-15-22)29(38)35(6,7)34(43)47-28/h9-17,19-21,25-28H,8,18H2,1-7H3,(H,37,39)/t20-,21+,25+,26-,27-,28-/m0/s1. The fraction of sp³-hybridized carbons (Fsp3) is 0.486. The molecule has 1 aliphatic heterocycles. The zero-order chi connectivity index (χ0) is 35.1. The van der Waals surface area contributed by atoms with Crippen LogP contribution in [0.1, 0.15) is 70.8 Å². The maximum Gasteiger partial charge on any atom is 0.348 e. The summed E-state index contributed by atoms with van der Waals surface area (Å²) in [5.41, 5.74) is -1.67. The molecule has 1 saturated heterocycles. The van der Waals surface area contributed by atoms with Crippen molar-refractivity contribution in [1.82, 2.24) is 5.32 Å². The molecule has 0 radical (unpaired) electrons. The number of esters is 4. The second-order valence-corrected chi connectivity index (χ2v) is 12.5. The molecule has 1 amide bonds. The summed E-state index contributed by atoms with van der Waals surface area (Å²) >= 11 is 0. The lowest BCUT2D eigenvalue weighted by Crippen LogP contribution is -2.53. The Morgan fingerprint density at radius 1 is 0.830 bits per heavy atom. The first-order valence-corrected chi connectivity index (χ1v) is 15.5. The van der Waals surface area contributed by atoms with Gasteiger partial charge < -0.3 is 24.3 Å². The molecule has 1 fully saturated rings. The molecule has 1 aliphatic rings. The molecule has 0 unspecified atom stereocenters. The van der Waals surface area contributed by atoms with Gasteiger partial charge in [-0.05, 0) is 44.9 Å². The lowest BCUT2D eigenvalue weighted by atomic mass is 9.83. The Labute approximate surface area is 273 Å². The summed E-state index contributed by atoms with van der Waals surface area (Å²) in [6, 6.07) is 11.9. The van der Waals surface area contributed by atoms with E-state index in [-0.39, 0.29) is 6.42 Å². The monoisotopic (exact) mass is 655 g/mol. The largest absolute Gasteiger partial charge is 0.457 e. The Balaban J connectivity index is 2.11. The SMILES string of the molecule is CC[C@H](C)[C@@H]1OC(=O)C(C)(C)C(=O)[C@@H](Cc2ccccc2)OC(=O)[C@H](C(C)C)OC(=O)[C@@H](NC(=O)c2ccccc2F)[C@@H](C)OC1=O. The van der Waals surface area contributed by atoms with Crippen molar-refractivity contribution in [3.8, 4) is 0 Å². The summed E-state index contributed by atoms with van der Waals surface area (Å²) in [4.78, 5) is 81.4. The van der Waals surface area contributed by atoms with Gasteiger partial charge in [-0.25, -0.2) is 18.8 Å². The summed E-state index contributed by atoms with van der Waals surface area (Å²) in [5.74, 6) is -8.36. The Morgan fingerprint density at radius 3 is 2.02 bits per heavy atom. The van der Waals surface area contributed by atoms with Crippen LogP contribution < -0.4 is 5.32 Å². The van der Waals surface area contributed by atoms with Gasteiger partial charge in [-0.3, -0.25) is 14.4 Å². The van der Waals surface area contributed by atoms with Gasteiger partial charge in [0, 0.05) is 18.3 Å². The molecule has 0 saturated carbocycles. The van der Waals surface area contributed by atoms with Crippen molar-refractivity contribution in [3.63, 3.8) is 0 Å². The zero-order valence-electron chi connectivity index (χ0n) is 27.6. The number of ether oxygens (including phenoxy) is 4. The Morgan fingerprint density at radius 2 is 1.43 bits per heavy atom. The first kappa shape index (κ1) is 36.9. The summed E-state index contributed by atoms with van der Waals surface area (Å²) in [7, 11) is 0. The highest BCUT2D eigenvalue weighted by Crippen LogP contribution is 2.28. The average Bonchev–Trinajstić information content (AvgIpc) is 3.03. The molecule has 3 rings (SSSR count). The van der Waals surface area contributed by atoms with Gasteiger partial charge in [-0.2, -0.15) is 0 Å². The van der Waals surface area contributed by atoms with E-state index in [0.717, 1.165) is 6.07 Å². The first-order valence-electron chi connectivity index (χ1n) is 15.5. The van der Waals surface area contributed by atoms with Crippen LogP contribution in [0.25, 0.3) is 0 Å². The van der Waals surface area contributed by atoms with Crippen molar-refractivity contribution in [2.75, 3.05) is 0 Å². The fourth-order valence-corrected chi connectivity index (χ4v) is 4.81. The third kappa shape index (κ3) is 9.02. The predicted molar refractivity (Wildman–Crippen MR) is 166 cm³/mol. The number of cyclic esters (lactones) is 4. The van der Waals surface area contributed by atoms with Crippen molar-refractivity contribution in [2.24, 2.45) is 17.3 Å². The smallest absolute Gasteiger partial charge is 0.348 e. The summed E-state index contributed by atoms with van der Waals surface area (Å²) in [6.45, 7) is 10.4. The Bertz CT molecular complexity index is 1470. The van der Waals surface area contributed by atoms with Crippen LogP contribution >= 0.6 is 0 Å². The maximum absolute atomic E-state index is 14.5. The van der Waals surface area contributed by atoms with Crippen molar-refractivity contribution in [3.05, 3.63) is 71.5 Å². The highest BCUT2D eigenvalue weighted by Gasteiger charge is 2.47. The van der Waals surface area contributed by atoms with E-state index in [0.29, 0.717) is 12.0 Å². The van der Waals surface area contributed by atoms with Gasteiger partial charge in [0.2, 0.25) is 12.2 Å². The number of hydrogen-bond donors (Lipinski definition) is 1. The van der Waals surface area contributed by atoms with E-state index in [1.807, 2.05) is 0 Å². The molecule has 11 nitrogen and oxygen atoms in total. The first-order chi connectivity index (χ1) is 22.1. The minimum atomic E-state index is -1.89. The third-order valence-corrected chi connectivity index (χ3v) is 8.08. The molecule has 0 aliphatic carbocycles. The quantitative estimate of drug-likeness (QED) is 0.262. The van der Waals surface area contributed by atoms with Gasteiger partial charge in [0.05, 0.1) is 5.56 Å². The zero-order valence-corrected chi connectivity index (χ0v) is 27.6. The van der Waals surface area contributed by atoms with E-state index in [1.54, 1.807) is 58.0 Å². The maximum atomic E-state index is 14.5. The van der Waals surface area contributed by atoms with Crippen molar-refractivity contribution < 1.29 is 52.1 Å². The van der Waals surface area contributed by atoms with Gasteiger partial charge in [0.25, 0.3) is 5.91 Å². The van der Waals surface area contributed by atoms with E-state index >= 15 is 0 Å². The lowest BCUT2D eigenvalue weighted by Gasteiger charge is -2.30. The summed E-state index contributed by atoms with van der Waals surface area (Å²) in [5, 5.41) is 2.35. The number of halogens is 1. The van der Waals surface area contributed by atoms with Crippen LogP contribution in [0.15, 0.2) is 54.6 Å². The molecule has 1 N–H and O–H groups in total. The minimum absolute atomic E-state index is 0.115. The molecule has 6 atom stereocenters. The molecule has 12 heteroatoms. The normalized spacial score (nSPS) is 25.0. The van der Waals surface area contributed by atoms with Crippen molar-refractivity contribution >= 4 is 35.6 Å². The third-order valence-electron chi connectivity index (χ3n) is 8.08. The Kier molecular flexibility index (Phi) is 12.4. The molecular formula is C35H42FNO10. The van der Waals surface area contributed by atoms with Crippen LogP contribution in [0, 0.1) is 23.1 Å². The van der Waals surface area contributed by atoms with Crippen LogP contribution in [0.4, 0.5) is 4.39 Å². The average molecular weight is 656 g/mol. The second-order valence-electron chi connectivity index (χ2n) is 12.5. The Hall–Kier alpha value is -4.61. The molecule has 0 bridgehead atoms. The van der Waals surface area contributed by atoms with Crippen molar-refractivity contribution in [2.45, 2.75) is 91.8 Å². The van der Waals surface area contributed by atoms with E-state index < -0.39 is 94.7 Å². The highest BCUT2D eigenvalue weighted by atomic mass is 19.1. The molecular weight excluding hydrogens is 613 g/mol. The molecule has 0 aromatic heterocycles. The molecule has 0 spiro atoms. The number of hydrogen-bond acceptors (Lipinski definition) is 10. The van der Waals surface area contributed by atoms with Crippen LogP contribution in [0.5, 0.6) is 0 Å². The minimum Gasteiger partial charge on any atom is -0.457 e. The number of benzene rings is 2. The van der Waals surface area contributed by atoms with E-state index in [9.17, 15) is 33.2 Å². The van der Waals surface area contributed by atoms with Gasteiger partial charge >= 0.3 is 23.9 Å². The molecule has 254 valence electrons. The van der Waals surface area contributed by atoms with E-state index in [1.165, 1.54) is 39.0 Å². The van der Waals surface area contributed by atoms with Gasteiger partial charge in [0.15, 0.2) is 17.9 Å². The molecule has 2 aromatic carbocycles. The topological polar surface area (TPSA) is 151 Å². The number of carbonyl (C=O) groups is 6. The summed E-state index contributed by atoms with van der Waals surface area (Å²) in [6.07, 6.45) is -5.82. The molecule has 47 heavy (non-hydrogen) atoms. The van der Waals surface area contributed by atoms with Gasteiger partial charge in [-0.1, -0.05) is 70.2 Å². The molecule has 1 heterocycles. The number of carbonyl (C=O) groups excluding carboxylic acids is 6. The number of rotatable bonds is 7. The number of ketones is 1. The van der Waals surface area contributed by atoms with Crippen LogP contribution in [0.2, 0.25) is 0 Å². The van der Waals surface area contributed by atoms with Gasteiger partial charge in [0.1, 0.15) is 17.3 Å².